The Morgan fingerprint density at radius 3 is 2.68 bits per heavy atom. The molecule has 2 unspecified atom stereocenters. The van der Waals surface area contributed by atoms with Crippen LogP contribution in [0.1, 0.15) is 56.2 Å². The van der Waals surface area contributed by atoms with E-state index >= 15 is 0 Å². The summed E-state index contributed by atoms with van der Waals surface area (Å²) >= 11 is 0. The average molecular weight is 389 g/mol. The highest BCUT2D eigenvalue weighted by Crippen LogP contribution is 2.27. The van der Waals surface area contributed by atoms with Crippen LogP contribution in [-0.2, 0) is 9.63 Å². The minimum Gasteiger partial charge on any atom is -0.481 e. The standard InChI is InChI=1S/C21H32N4O3/c1-2-9-23-21(22)17-5-3-16(4-6-17)19-13-18(28-24-19)14-25-10-7-15(8-11-25)12-20(26)27/h3-6,15,18-19,24H,2,7-14H2,1H3,(H2,22,23)(H,26,27). The number of rotatable bonds is 8. The number of carbonyl (C=O) groups is 1. The maximum Gasteiger partial charge on any atom is 0.303 e. The van der Waals surface area contributed by atoms with E-state index in [9.17, 15) is 4.79 Å². The second-order valence-electron chi connectivity index (χ2n) is 7.88. The van der Waals surface area contributed by atoms with Gasteiger partial charge in [0.25, 0.3) is 0 Å². The molecule has 2 aliphatic rings. The van der Waals surface area contributed by atoms with Gasteiger partial charge >= 0.3 is 5.97 Å². The molecule has 0 amide bonds. The third-order valence-electron chi connectivity index (χ3n) is 5.62. The fourth-order valence-electron chi connectivity index (χ4n) is 3.97. The molecule has 2 saturated heterocycles. The highest BCUT2D eigenvalue weighted by molar-refractivity contribution is 5.97. The summed E-state index contributed by atoms with van der Waals surface area (Å²) in [5, 5.41) is 8.93. The number of aliphatic carboxylic acids is 1. The van der Waals surface area contributed by atoms with E-state index in [4.69, 9.17) is 15.7 Å². The van der Waals surface area contributed by atoms with Gasteiger partial charge in [-0.1, -0.05) is 31.2 Å². The number of piperidine rings is 1. The molecule has 2 fully saturated rings. The number of hydrogen-bond donors (Lipinski definition) is 3. The van der Waals surface area contributed by atoms with Crippen LogP contribution in [0.15, 0.2) is 29.3 Å². The van der Waals surface area contributed by atoms with Crippen molar-refractivity contribution in [2.45, 2.75) is 51.2 Å². The number of aliphatic imine (C=N–C) groups is 1. The highest BCUT2D eigenvalue weighted by atomic mass is 16.7. The molecule has 2 heterocycles. The molecule has 0 aliphatic carbocycles. The summed E-state index contributed by atoms with van der Waals surface area (Å²) in [6.07, 6.45) is 4.27. The number of nitrogens with two attached hydrogens (primary N) is 1. The number of carboxylic acid groups (broad SMARTS) is 1. The predicted molar refractivity (Wildman–Crippen MR) is 109 cm³/mol. The Balaban J connectivity index is 1.46. The molecule has 0 spiro atoms. The van der Waals surface area contributed by atoms with E-state index in [-0.39, 0.29) is 12.1 Å². The van der Waals surface area contributed by atoms with E-state index in [0.29, 0.717) is 18.2 Å². The van der Waals surface area contributed by atoms with Crippen LogP contribution >= 0.6 is 0 Å². The van der Waals surface area contributed by atoms with Crippen molar-refractivity contribution in [3.63, 3.8) is 0 Å². The largest absolute Gasteiger partial charge is 0.481 e. The zero-order chi connectivity index (χ0) is 19.9. The second kappa shape index (κ2) is 10.0. The van der Waals surface area contributed by atoms with Gasteiger partial charge in [-0.3, -0.25) is 14.6 Å². The van der Waals surface area contributed by atoms with Crippen LogP contribution in [0.2, 0.25) is 0 Å². The van der Waals surface area contributed by atoms with Gasteiger partial charge in [0, 0.05) is 25.1 Å². The Kier molecular flexibility index (Phi) is 7.42. The van der Waals surface area contributed by atoms with Crippen LogP contribution in [0, 0.1) is 5.92 Å². The lowest BCUT2D eigenvalue weighted by molar-refractivity contribution is -0.138. The van der Waals surface area contributed by atoms with Gasteiger partial charge in [0.05, 0.1) is 12.1 Å². The third-order valence-corrected chi connectivity index (χ3v) is 5.62. The number of nitrogens with one attached hydrogen (secondary N) is 1. The lowest BCUT2D eigenvalue weighted by atomic mass is 9.93. The fourth-order valence-corrected chi connectivity index (χ4v) is 3.97. The van der Waals surface area contributed by atoms with Crippen LogP contribution in [0.4, 0.5) is 0 Å². The summed E-state index contributed by atoms with van der Waals surface area (Å²) in [7, 11) is 0. The zero-order valence-corrected chi connectivity index (χ0v) is 16.6. The Labute approximate surface area is 166 Å². The minimum absolute atomic E-state index is 0.150. The first-order valence-corrected chi connectivity index (χ1v) is 10.3. The van der Waals surface area contributed by atoms with Gasteiger partial charge in [-0.25, -0.2) is 0 Å². The van der Waals surface area contributed by atoms with E-state index < -0.39 is 5.97 Å². The first-order chi connectivity index (χ1) is 13.5. The number of amidine groups is 1. The van der Waals surface area contributed by atoms with Gasteiger partial charge in [0.1, 0.15) is 5.84 Å². The molecule has 154 valence electrons. The van der Waals surface area contributed by atoms with E-state index in [0.717, 1.165) is 57.4 Å². The van der Waals surface area contributed by atoms with Gasteiger partial charge in [-0.15, -0.1) is 0 Å². The summed E-state index contributed by atoms with van der Waals surface area (Å²) in [5.74, 6) is 0.221. The molecule has 3 rings (SSSR count). The summed E-state index contributed by atoms with van der Waals surface area (Å²) in [5.41, 5.74) is 11.3. The van der Waals surface area contributed by atoms with E-state index in [2.05, 4.69) is 34.4 Å². The van der Waals surface area contributed by atoms with E-state index in [1.54, 1.807) is 0 Å². The molecular formula is C21H32N4O3. The number of carboxylic acids is 1. The summed E-state index contributed by atoms with van der Waals surface area (Å²) in [6, 6.07) is 8.39. The molecule has 2 atom stereocenters. The van der Waals surface area contributed by atoms with Gasteiger partial charge in [0.15, 0.2) is 0 Å². The van der Waals surface area contributed by atoms with Crippen LogP contribution in [-0.4, -0.2) is 54.1 Å². The van der Waals surface area contributed by atoms with Crippen LogP contribution in [0.5, 0.6) is 0 Å². The third kappa shape index (κ3) is 5.77. The Morgan fingerprint density at radius 2 is 2.04 bits per heavy atom. The SMILES string of the molecule is CCCN=C(N)c1ccc(C2CC(CN3CCC(CC(=O)O)CC3)ON2)cc1. The smallest absolute Gasteiger partial charge is 0.303 e. The van der Waals surface area contributed by atoms with Crippen molar-refractivity contribution in [3.8, 4) is 0 Å². The fraction of sp³-hybridized carbons (Fsp3) is 0.619. The van der Waals surface area contributed by atoms with E-state index in [1.165, 1.54) is 5.56 Å². The molecule has 0 radical (unpaired) electrons. The number of likely N-dealkylation sites (tertiary alicyclic amines) is 1. The van der Waals surface area contributed by atoms with Crippen molar-refractivity contribution in [1.29, 1.82) is 0 Å². The number of hydrogen-bond acceptors (Lipinski definition) is 5. The summed E-state index contributed by atoms with van der Waals surface area (Å²) in [4.78, 5) is 23.4. The maximum absolute atomic E-state index is 10.8. The molecule has 7 nitrogen and oxygen atoms in total. The Hall–Kier alpha value is -1.96. The lowest BCUT2D eigenvalue weighted by Crippen LogP contribution is -2.39. The normalized spacial score (nSPS) is 24.5. The Bertz CT molecular complexity index is 669. The van der Waals surface area contributed by atoms with Crippen LogP contribution < -0.4 is 11.2 Å². The number of hydroxylamine groups is 1. The van der Waals surface area contributed by atoms with Crippen molar-refractivity contribution in [2.75, 3.05) is 26.2 Å². The van der Waals surface area contributed by atoms with Gasteiger partial charge in [-0.05, 0) is 50.3 Å². The molecule has 1 aromatic rings. The molecule has 28 heavy (non-hydrogen) atoms. The second-order valence-corrected chi connectivity index (χ2v) is 7.88. The molecule has 0 saturated carbocycles. The Morgan fingerprint density at radius 1 is 1.32 bits per heavy atom. The zero-order valence-electron chi connectivity index (χ0n) is 16.6. The van der Waals surface area contributed by atoms with E-state index in [1.807, 2.05) is 12.1 Å². The van der Waals surface area contributed by atoms with Crippen molar-refractivity contribution in [2.24, 2.45) is 16.6 Å². The van der Waals surface area contributed by atoms with Crippen molar-refractivity contribution < 1.29 is 14.7 Å². The van der Waals surface area contributed by atoms with Crippen molar-refractivity contribution in [3.05, 3.63) is 35.4 Å². The average Bonchev–Trinajstić information content (AvgIpc) is 3.16. The van der Waals surface area contributed by atoms with Crippen LogP contribution in [0.25, 0.3) is 0 Å². The molecule has 7 heteroatoms. The van der Waals surface area contributed by atoms with Gasteiger partial charge in [0.2, 0.25) is 0 Å². The van der Waals surface area contributed by atoms with Crippen molar-refractivity contribution in [1.82, 2.24) is 10.4 Å². The topological polar surface area (TPSA) is 100 Å². The molecule has 0 aromatic heterocycles. The summed E-state index contributed by atoms with van der Waals surface area (Å²) in [6.45, 7) is 5.63. The quantitative estimate of drug-likeness (QED) is 0.467. The number of nitrogens with zero attached hydrogens (tertiary/aromatic N) is 2. The number of benzene rings is 1. The maximum atomic E-state index is 10.8. The molecule has 2 aliphatic heterocycles. The van der Waals surface area contributed by atoms with Gasteiger partial charge < -0.3 is 15.7 Å². The summed E-state index contributed by atoms with van der Waals surface area (Å²) < 4.78 is 0. The van der Waals surface area contributed by atoms with Crippen molar-refractivity contribution >= 4 is 11.8 Å². The minimum atomic E-state index is -0.686. The molecular weight excluding hydrogens is 356 g/mol. The molecule has 0 bridgehead atoms. The highest BCUT2D eigenvalue weighted by Gasteiger charge is 2.30. The first kappa shape index (κ1) is 20.8. The van der Waals surface area contributed by atoms with Crippen LogP contribution in [0.3, 0.4) is 0 Å². The molecule has 4 N–H and O–H groups in total. The predicted octanol–water partition coefficient (Wildman–Crippen LogP) is 2.32. The van der Waals surface area contributed by atoms with Gasteiger partial charge in [-0.2, -0.15) is 5.48 Å². The first-order valence-electron chi connectivity index (χ1n) is 10.3. The monoisotopic (exact) mass is 388 g/mol. The molecule has 1 aromatic carbocycles. The lowest BCUT2D eigenvalue weighted by Gasteiger charge is -2.32.